The van der Waals surface area contributed by atoms with Crippen molar-refractivity contribution in [3.8, 4) is 11.4 Å². The molecule has 2 N–H and O–H groups in total. The number of nitrogens with zero attached hydrogens (tertiary/aromatic N) is 3. The molecular formula is C27H21N3O5. The van der Waals surface area contributed by atoms with Crippen molar-refractivity contribution < 1.29 is 19.8 Å². The molecule has 0 amide bonds. The van der Waals surface area contributed by atoms with Gasteiger partial charge in [-0.25, -0.2) is 9.78 Å². The molecule has 0 aliphatic carbocycles. The molecule has 2 aliphatic heterocycles. The third kappa shape index (κ3) is 2.90. The summed E-state index contributed by atoms with van der Waals surface area (Å²) in [4.78, 5) is 30.8. The van der Waals surface area contributed by atoms with Gasteiger partial charge in [-0.15, -0.1) is 0 Å². The van der Waals surface area contributed by atoms with E-state index >= 15 is 0 Å². The number of carbonyl (C=O) groups excluding carboxylic acids is 1. The summed E-state index contributed by atoms with van der Waals surface area (Å²) < 4.78 is 6.74. The van der Waals surface area contributed by atoms with E-state index in [2.05, 4.69) is 5.16 Å². The minimum atomic E-state index is -1.90. The van der Waals surface area contributed by atoms with E-state index in [1.807, 2.05) is 54.6 Å². The Kier molecular flexibility index (Phi) is 4.62. The Labute approximate surface area is 199 Å². The number of aromatic nitrogens is 2. The molecule has 2 aliphatic rings. The normalized spacial score (nSPS) is 18.7. The highest BCUT2D eigenvalue weighted by molar-refractivity contribution is 6.20. The van der Waals surface area contributed by atoms with Crippen LogP contribution in [0.3, 0.4) is 0 Å². The van der Waals surface area contributed by atoms with Gasteiger partial charge in [0.25, 0.3) is 5.56 Å². The summed E-state index contributed by atoms with van der Waals surface area (Å²) in [6.45, 7) is 1.68. The van der Waals surface area contributed by atoms with Crippen molar-refractivity contribution in [2.45, 2.75) is 32.1 Å². The van der Waals surface area contributed by atoms with Gasteiger partial charge in [0, 0.05) is 27.6 Å². The summed E-state index contributed by atoms with van der Waals surface area (Å²) in [6.07, 6.45) is 0.0698. The molecule has 8 nitrogen and oxygen atoms in total. The lowest BCUT2D eigenvalue weighted by atomic mass is 9.86. The van der Waals surface area contributed by atoms with E-state index in [-0.39, 0.29) is 36.3 Å². The van der Waals surface area contributed by atoms with Gasteiger partial charge in [-0.3, -0.25) is 4.79 Å². The average Bonchev–Trinajstić information content (AvgIpc) is 3.26. The standard InChI is InChI=1S/C27H21N3O5/c1-2-27(33)19-12-21-24-17(13-30(21)25(31)18(19)14-35-26(27)32)22(16-10-6-7-11-20(16)28-24)23(29-34)15-8-4-3-5-9-15/h3-12,33-34H,2,13-14H2,1H3/b29-23+/t27-/m0/s1. The van der Waals surface area contributed by atoms with E-state index in [1.165, 1.54) is 0 Å². The minimum absolute atomic E-state index is 0.0698. The van der Waals surface area contributed by atoms with Gasteiger partial charge < -0.3 is 19.6 Å². The van der Waals surface area contributed by atoms with Crippen LogP contribution < -0.4 is 5.56 Å². The number of pyridine rings is 2. The Morgan fingerprint density at radius 3 is 2.60 bits per heavy atom. The van der Waals surface area contributed by atoms with Gasteiger partial charge in [-0.2, -0.15) is 0 Å². The van der Waals surface area contributed by atoms with E-state index in [0.717, 1.165) is 16.5 Å². The molecule has 35 heavy (non-hydrogen) atoms. The summed E-state index contributed by atoms with van der Waals surface area (Å²) in [5.74, 6) is -0.763. The quantitative estimate of drug-likeness (QED) is 0.182. The second kappa shape index (κ2) is 7.61. The molecule has 0 radical (unpaired) electrons. The number of ether oxygens (including phenoxy) is 1. The predicted octanol–water partition coefficient (Wildman–Crippen LogP) is 3.31. The van der Waals surface area contributed by atoms with Crippen molar-refractivity contribution in [1.82, 2.24) is 9.55 Å². The fraction of sp³-hybridized carbons (Fsp3) is 0.185. The number of hydrogen-bond donors (Lipinski definition) is 2. The number of fused-ring (bicyclic) bond motifs is 5. The van der Waals surface area contributed by atoms with E-state index < -0.39 is 11.6 Å². The van der Waals surface area contributed by atoms with Crippen LogP contribution in [0.1, 0.15) is 41.2 Å². The van der Waals surface area contributed by atoms with Gasteiger partial charge in [0.15, 0.2) is 5.60 Å². The first-order valence-corrected chi connectivity index (χ1v) is 11.3. The molecule has 4 heterocycles. The zero-order valence-corrected chi connectivity index (χ0v) is 18.9. The molecule has 0 fully saturated rings. The second-order valence-corrected chi connectivity index (χ2v) is 8.75. The molecule has 0 spiro atoms. The fourth-order valence-electron chi connectivity index (χ4n) is 5.15. The van der Waals surface area contributed by atoms with Gasteiger partial charge in [0.1, 0.15) is 12.3 Å². The molecule has 0 saturated heterocycles. The molecular weight excluding hydrogens is 446 g/mol. The largest absolute Gasteiger partial charge is 0.458 e. The Bertz CT molecular complexity index is 1620. The summed E-state index contributed by atoms with van der Waals surface area (Å²) in [6, 6.07) is 18.5. The Morgan fingerprint density at radius 1 is 1.11 bits per heavy atom. The van der Waals surface area contributed by atoms with Crippen molar-refractivity contribution in [3.63, 3.8) is 0 Å². The Hall–Kier alpha value is -4.30. The summed E-state index contributed by atoms with van der Waals surface area (Å²) in [5, 5.41) is 25.7. The Balaban J connectivity index is 1.68. The number of esters is 1. The molecule has 174 valence electrons. The molecule has 1 atom stereocenters. The topological polar surface area (TPSA) is 114 Å². The molecule has 4 aromatic rings. The summed E-state index contributed by atoms with van der Waals surface area (Å²) in [7, 11) is 0. The molecule has 0 bridgehead atoms. The fourth-order valence-corrected chi connectivity index (χ4v) is 5.15. The highest BCUT2D eigenvalue weighted by Crippen LogP contribution is 2.40. The number of hydrogen-bond acceptors (Lipinski definition) is 7. The number of para-hydroxylation sites is 1. The summed E-state index contributed by atoms with van der Waals surface area (Å²) in [5.41, 5.74) is 2.50. The maximum absolute atomic E-state index is 13.6. The van der Waals surface area contributed by atoms with Gasteiger partial charge in [0.05, 0.1) is 29.0 Å². The highest BCUT2D eigenvalue weighted by Gasteiger charge is 2.45. The number of aliphatic hydroxyl groups is 1. The van der Waals surface area contributed by atoms with E-state index in [0.29, 0.717) is 28.2 Å². The maximum Gasteiger partial charge on any atom is 0.343 e. The van der Waals surface area contributed by atoms with E-state index in [1.54, 1.807) is 17.6 Å². The van der Waals surface area contributed by atoms with Gasteiger partial charge in [0.2, 0.25) is 0 Å². The van der Waals surface area contributed by atoms with Crippen LogP contribution >= 0.6 is 0 Å². The van der Waals surface area contributed by atoms with Gasteiger partial charge in [-0.1, -0.05) is 60.6 Å². The number of oxime groups is 1. The zero-order chi connectivity index (χ0) is 24.3. The molecule has 0 saturated carbocycles. The first-order chi connectivity index (χ1) is 17.0. The van der Waals surface area contributed by atoms with Crippen molar-refractivity contribution in [1.29, 1.82) is 0 Å². The second-order valence-electron chi connectivity index (χ2n) is 8.75. The lowest BCUT2D eigenvalue weighted by Gasteiger charge is -2.31. The average molecular weight is 467 g/mol. The maximum atomic E-state index is 13.6. The van der Waals surface area contributed by atoms with Gasteiger partial charge >= 0.3 is 5.97 Å². The predicted molar refractivity (Wildman–Crippen MR) is 128 cm³/mol. The van der Waals surface area contributed by atoms with Crippen molar-refractivity contribution in [2.75, 3.05) is 0 Å². The monoisotopic (exact) mass is 467 g/mol. The Morgan fingerprint density at radius 2 is 1.86 bits per heavy atom. The minimum Gasteiger partial charge on any atom is -0.458 e. The molecule has 8 heteroatoms. The lowest BCUT2D eigenvalue weighted by molar-refractivity contribution is -0.172. The first kappa shape index (κ1) is 21.2. The van der Waals surface area contributed by atoms with E-state index in [4.69, 9.17) is 9.72 Å². The van der Waals surface area contributed by atoms with Crippen molar-refractivity contribution in [2.24, 2.45) is 5.16 Å². The number of cyclic esters (lactones) is 1. The third-order valence-electron chi connectivity index (χ3n) is 6.98. The van der Waals surface area contributed by atoms with Crippen molar-refractivity contribution >= 4 is 22.6 Å². The first-order valence-electron chi connectivity index (χ1n) is 11.3. The van der Waals surface area contributed by atoms with E-state index in [9.17, 15) is 19.9 Å². The van der Waals surface area contributed by atoms with Crippen LogP contribution in [0, 0.1) is 0 Å². The van der Waals surface area contributed by atoms with Crippen LogP contribution in [0.2, 0.25) is 0 Å². The molecule has 2 aromatic carbocycles. The van der Waals surface area contributed by atoms with Crippen LogP contribution in [0.4, 0.5) is 0 Å². The molecule has 6 rings (SSSR count). The lowest BCUT2D eigenvalue weighted by Crippen LogP contribution is -2.44. The van der Waals surface area contributed by atoms with Crippen LogP contribution in [0.15, 0.2) is 70.6 Å². The van der Waals surface area contributed by atoms with Crippen LogP contribution in [-0.4, -0.2) is 31.5 Å². The highest BCUT2D eigenvalue weighted by atomic mass is 16.6. The SMILES string of the molecule is CC[C@@]1(O)C(=O)OCc2c1cc1n(c2=O)Cc2c-1nc1ccccc1c2/C(=N/O)c1ccccc1. The van der Waals surface area contributed by atoms with Crippen LogP contribution in [0.25, 0.3) is 22.3 Å². The third-order valence-corrected chi connectivity index (χ3v) is 6.98. The summed E-state index contributed by atoms with van der Waals surface area (Å²) >= 11 is 0. The number of rotatable bonds is 3. The number of benzene rings is 2. The molecule has 2 aromatic heterocycles. The van der Waals surface area contributed by atoms with Crippen LogP contribution in [0.5, 0.6) is 0 Å². The number of carbonyl (C=O) groups is 1. The van der Waals surface area contributed by atoms with Crippen LogP contribution in [-0.2, 0) is 28.3 Å². The molecule has 0 unspecified atom stereocenters. The smallest absolute Gasteiger partial charge is 0.343 e. The van der Waals surface area contributed by atoms with Crippen molar-refractivity contribution in [3.05, 3.63) is 98.8 Å². The van der Waals surface area contributed by atoms with Gasteiger partial charge in [-0.05, 0) is 18.6 Å². The zero-order valence-electron chi connectivity index (χ0n) is 18.9.